The maximum absolute atomic E-state index is 12.1. The van der Waals surface area contributed by atoms with Crippen molar-refractivity contribution in [3.8, 4) is 0 Å². The minimum Gasteiger partial charge on any atom is -0.394 e. The summed E-state index contributed by atoms with van der Waals surface area (Å²) in [5, 5.41) is 24.3. The molecule has 0 radical (unpaired) electrons. The summed E-state index contributed by atoms with van der Waals surface area (Å²) in [6, 6.07) is 8.94. The lowest BCUT2D eigenvalue weighted by atomic mass is 10.1. The Morgan fingerprint density at radius 2 is 1.23 bits per heavy atom. The molecule has 0 aliphatic carbocycles. The van der Waals surface area contributed by atoms with E-state index in [4.69, 9.17) is 0 Å². The quantitative estimate of drug-likeness (QED) is 0.505. The molecular formula is C18H22N4O4. The maximum Gasteiger partial charge on any atom is 0.270 e. The second kappa shape index (κ2) is 10.2. The summed E-state index contributed by atoms with van der Waals surface area (Å²) in [6.45, 7) is -0.518. The zero-order chi connectivity index (χ0) is 18.8. The second-order valence-corrected chi connectivity index (χ2v) is 5.71. The van der Waals surface area contributed by atoms with Crippen molar-refractivity contribution >= 4 is 11.8 Å². The van der Waals surface area contributed by atoms with Gasteiger partial charge in [-0.15, -0.1) is 0 Å². The van der Waals surface area contributed by atoms with Gasteiger partial charge in [-0.2, -0.15) is 0 Å². The van der Waals surface area contributed by atoms with Crippen LogP contribution in [-0.4, -0.2) is 57.3 Å². The highest BCUT2D eigenvalue weighted by molar-refractivity contribution is 5.92. The van der Waals surface area contributed by atoms with Gasteiger partial charge < -0.3 is 20.8 Å². The molecule has 0 aromatic carbocycles. The Morgan fingerprint density at radius 1 is 0.808 bits per heavy atom. The molecule has 8 nitrogen and oxygen atoms in total. The Kier molecular flexibility index (Phi) is 7.66. The summed E-state index contributed by atoms with van der Waals surface area (Å²) in [7, 11) is 0. The van der Waals surface area contributed by atoms with E-state index in [1.54, 1.807) is 36.4 Å². The van der Waals surface area contributed by atoms with Gasteiger partial charge in [0.15, 0.2) is 0 Å². The van der Waals surface area contributed by atoms with Gasteiger partial charge in [-0.25, -0.2) is 0 Å². The van der Waals surface area contributed by atoms with Crippen LogP contribution < -0.4 is 10.6 Å². The predicted molar refractivity (Wildman–Crippen MR) is 94.4 cm³/mol. The van der Waals surface area contributed by atoms with Crippen LogP contribution in [0.3, 0.4) is 0 Å². The van der Waals surface area contributed by atoms with E-state index in [1.807, 2.05) is 0 Å². The van der Waals surface area contributed by atoms with Gasteiger partial charge in [-0.05, 0) is 37.1 Å². The van der Waals surface area contributed by atoms with Crippen LogP contribution in [0, 0.1) is 0 Å². The molecule has 0 spiro atoms. The van der Waals surface area contributed by atoms with Crippen LogP contribution >= 0.6 is 0 Å². The lowest BCUT2D eigenvalue weighted by molar-refractivity contribution is 0.0878. The number of amides is 2. The number of rotatable bonds is 9. The molecule has 0 fully saturated rings. The highest BCUT2D eigenvalue weighted by Crippen LogP contribution is 2.05. The number of carbonyl (C=O) groups excluding carboxylic acids is 2. The molecule has 2 rings (SSSR count). The first-order chi connectivity index (χ1) is 12.6. The molecule has 2 unspecified atom stereocenters. The van der Waals surface area contributed by atoms with E-state index >= 15 is 0 Å². The fraction of sp³-hybridized carbons (Fsp3) is 0.333. The summed E-state index contributed by atoms with van der Waals surface area (Å²) >= 11 is 0. The Bertz CT molecular complexity index is 635. The van der Waals surface area contributed by atoms with Crippen LogP contribution in [0.25, 0.3) is 0 Å². The molecule has 8 heteroatoms. The Balaban J connectivity index is 1.85. The van der Waals surface area contributed by atoms with Gasteiger partial charge in [0.1, 0.15) is 11.4 Å². The van der Waals surface area contributed by atoms with Gasteiger partial charge in [0.2, 0.25) is 0 Å². The first-order valence-corrected chi connectivity index (χ1v) is 8.29. The molecule has 26 heavy (non-hydrogen) atoms. The van der Waals surface area contributed by atoms with E-state index in [0.29, 0.717) is 12.8 Å². The van der Waals surface area contributed by atoms with Gasteiger partial charge in [0.05, 0.1) is 25.3 Å². The molecule has 2 aromatic rings. The molecule has 2 aromatic heterocycles. The first kappa shape index (κ1) is 19.5. The predicted octanol–water partition coefficient (Wildman–Crippen LogP) is 0.138. The minimum atomic E-state index is -0.509. The Hall–Kier alpha value is -2.84. The van der Waals surface area contributed by atoms with Crippen molar-refractivity contribution in [1.82, 2.24) is 20.6 Å². The minimum absolute atomic E-state index is 0.258. The molecule has 0 aliphatic heterocycles. The number of aliphatic hydroxyl groups excluding tert-OH is 2. The molecule has 0 bridgehead atoms. The molecule has 2 atom stereocenters. The highest BCUT2D eigenvalue weighted by Gasteiger charge is 2.18. The zero-order valence-electron chi connectivity index (χ0n) is 14.2. The van der Waals surface area contributed by atoms with Crippen molar-refractivity contribution in [2.24, 2.45) is 0 Å². The third kappa shape index (κ3) is 5.91. The molecule has 0 saturated carbocycles. The number of nitrogens with one attached hydrogen (secondary N) is 2. The van der Waals surface area contributed by atoms with Crippen LogP contribution in [0.4, 0.5) is 0 Å². The lowest BCUT2D eigenvalue weighted by Crippen LogP contribution is -2.42. The van der Waals surface area contributed by atoms with Gasteiger partial charge in [0, 0.05) is 12.4 Å². The average molecular weight is 358 g/mol. The number of carbonyl (C=O) groups is 2. The summed E-state index contributed by atoms with van der Waals surface area (Å²) in [4.78, 5) is 32.1. The Labute approximate surface area is 151 Å². The third-order valence-electron chi connectivity index (χ3n) is 3.77. The van der Waals surface area contributed by atoms with Crippen molar-refractivity contribution in [2.75, 3.05) is 13.2 Å². The molecule has 138 valence electrons. The molecule has 2 amide bonds. The number of hydrogen-bond donors (Lipinski definition) is 4. The number of nitrogens with zero attached hydrogens (tertiary/aromatic N) is 2. The molecule has 2 heterocycles. The largest absolute Gasteiger partial charge is 0.394 e. The number of pyridine rings is 2. The van der Waals surface area contributed by atoms with Crippen molar-refractivity contribution in [2.45, 2.75) is 24.9 Å². The monoisotopic (exact) mass is 358 g/mol. The standard InChI is InChI=1S/C18H22N4O4/c23-11-13(21-17(25)15-5-1-3-9-19-15)7-8-14(12-24)22-18(26)16-6-2-4-10-20-16/h1-6,9-10,13-14,23-24H,7-8,11-12H2,(H,21,25)(H,22,26). The molecule has 0 saturated heterocycles. The summed E-state index contributed by atoms with van der Waals surface area (Å²) < 4.78 is 0. The smallest absolute Gasteiger partial charge is 0.270 e. The maximum atomic E-state index is 12.1. The Morgan fingerprint density at radius 3 is 1.54 bits per heavy atom. The van der Waals surface area contributed by atoms with Gasteiger partial charge in [0.25, 0.3) is 11.8 Å². The summed E-state index contributed by atoms with van der Waals surface area (Å²) in [5.74, 6) is -0.773. The van der Waals surface area contributed by atoms with Crippen molar-refractivity contribution < 1.29 is 19.8 Å². The van der Waals surface area contributed by atoms with E-state index in [0.717, 1.165) is 0 Å². The second-order valence-electron chi connectivity index (χ2n) is 5.71. The van der Waals surface area contributed by atoms with Gasteiger partial charge >= 0.3 is 0 Å². The lowest BCUT2D eigenvalue weighted by Gasteiger charge is -2.20. The van der Waals surface area contributed by atoms with E-state index < -0.39 is 12.1 Å². The van der Waals surface area contributed by atoms with Crippen LogP contribution in [0.15, 0.2) is 48.8 Å². The van der Waals surface area contributed by atoms with Gasteiger partial charge in [-0.3, -0.25) is 19.6 Å². The van der Waals surface area contributed by atoms with E-state index in [1.165, 1.54) is 12.4 Å². The van der Waals surface area contributed by atoms with Crippen LogP contribution in [0.1, 0.15) is 33.8 Å². The van der Waals surface area contributed by atoms with E-state index in [-0.39, 0.29) is 36.4 Å². The zero-order valence-corrected chi connectivity index (χ0v) is 14.2. The fourth-order valence-corrected chi connectivity index (χ4v) is 2.33. The van der Waals surface area contributed by atoms with Gasteiger partial charge in [-0.1, -0.05) is 12.1 Å². The molecular weight excluding hydrogens is 336 g/mol. The summed E-state index contributed by atoms with van der Waals surface area (Å²) in [6.07, 6.45) is 3.78. The van der Waals surface area contributed by atoms with Crippen molar-refractivity contribution in [3.63, 3.8) is 0 Å². The third-order valence-corrected chi connectivity index (χ3v) is 3.77. The van der Waals surface area contributed by atoms with Crippen LogP contribution in [0.5, 0.6) is 0 Å². The summed E-state index contributed by atoms with van der Waals surface area (Å²) in [5.41, 5.74) is 0.515. The van der Waals surface area contributed by atoms with Crippen molar-refractivity contribution in [3.05, 3.63) is 60.2 Å². The molecule has 4 N–H and O–H groups in total. The number of hydrogen-bond acceptors (Lipinski definition) is 6. The highest BCUT2D eigenvalue weighted by atomic mass is 16.3. The average Bonchev–Trinajstić information content (AvgIpc) is 2.70. The normalized spacial score (nSPS) is 12.8. The SMILES string of the molecule is O=C(NC(CO)CCC(CO)NC(=O)c1ccccn1)c1ccccn1. The van der Waals surface area contributed by atoms with Crippen LogP contribution in [0.2, 0.25) is 0 Å². The van der Waals surface area contributed by atoms with E-state index in [9.17, 15) is 19.8 Å². The molecule has 0 aliphatic rings. The fourth-order valence-electron chi connectivity index (χ4n) is 2.33. The topological polar surface area (TPSA) is 124 Å². The van der Waals surface area contributed by atoms with Crippen molar-refractivity contribution in [1.29, 1.82) is 0 Å². The number of aromatic nitrogens is 2. The number of aliphatic hydroxyl groups is 2. The van der Waals surface area contributed by atoms with Crippen LogP contribution in [-0.2, 0) is 0 Å². The first-order valence-electron chi connectivity index (χ1n) is 8.29. The van der Waals surface area contributed by atoms with E-state index in [2.05, 4.69) is 20.6 Å².